The van der Waals surface area contributed by atoms with E-state index in [9.17, 15) is 4.79 Å². The van der Waals surface area contributed by atoms with Gasteiger partial charge in [0.25, 0.3) is 0 Å². The number of hydrogen-bond donors (Lipinski definition) is 2. The van der Waals surface area contributed by atoms with Crippen molar-refractivity contribution in [3.05, 3.63) is 36.4 Å². The van der Waals surface area contributed by atoms with Crippen LogP contribution in [-0.2, 0) is 4.79 Å². The number of carbonyl (C=O) groups is 1. The van der Waals surface area contributed by atoms with Crippen LogP contribution >= 0.6 is 0 Å². The highest BCUT2D eigenvalue weighted by Crippen LogP contribution is 2.28. The Morgan fingerprint density at radius 3 is 2.84 bits per heavy atom. The van der Waals surface area contributed by atoms with Crippen molar-refractivity contribution in [2.24, 2.45) is 5.92 Å². The predicted molar refractivity (Wildman–Crippen MR) is 76.0 cm³/mol. The fourth-order valence-corrected chi connectivity index (χ4v) is 2.03. The molecule has 2 aromatic rings. The lowest BCUT2D eigenvalue weighted by molar-refractivity contribution is -0.122. The van der Waals surface area contributed by atoms with Gasteiger partial charge in [0.15, 0.2) is 0 Å². The van der Waals surface area contributed by atoms with Crippen molar-refractivity contribution in [2.45, 2.75) is 12.8 Å². The average Bonchev–Trinajstić information content (AvgIpc) is 3.28. The second kappa shape index (κ2) is 5.26. The summed E-state index contributed by atoms with van der Waals surface area (Å²) in [7, 11) is 0. The monoisotopic (exact) mass is 255 g/mol. The lowest BCUT2D eigenvalue weighted by atomic mass is 10.2. The number of benzene rings is 1. The summed E-state index contributed by atoms with van der Waals surface area (Å²) in [6.07, 6.45) is 2.09. The minimum atomic E-state index is 0.188. The Balaban J connectivity index is 1.51. The fraction of sp³-hybridized carbons (Fsp3) is 0.333. The van der Waals surface area contributed by atoms with Crippen molar-refractivity contribution < 1.29 is 4.79 Å². The second-order valence-corrected chi connectivity index (χ2v) is 4.88. The van der Waals surface area contributed by atoms with Crippen LogP contribution in [0.15, 0.2) is 36.4 Å². The molecule has 0 radical (unpaired) electrons. The van der Waals surface area contributed by atoms with Crippen LogP contribution in [0, 0.1) is 5.92 Å². The Bertz CT molecular complexity index is 593. The van der Waals surface area contributed by atoms with Crippen LogP contribution in [0.1, 0.15) is 12.8 Å². The Labute approximate surface area is 112 Å². The van der Waals surface area contributed by atoms with Gasteiger partial charge < -0.3 is 10.6 Å². The summed E-state index contributed by atoms with van der Waals surface area (Å²) >= 11 is 0. The van der Waals surface area contributed by atoms with Gasteiger partial charge in [-0.3, -0.25) is 4.79 Å². The van der Waals surface area contributed by atoms with Crippen LogP contribution in [0.3, 0.4) is 0 Å². The van der Waals surface area contributed by atoms with E-state index in [4.69, 9.17) is 0 Å². The van der Waals surface area contributed by atoms with E-state index < -0.39 is 0 Å². The van der Waals surface area contributed by atoms with Gasteiger partial charge in [-0.05, 0) is 31.0 Å². The van der Waals surface area contributed by atoms with Gasteiger partial charge in [0.05, 0.1) is 5.52 Å². The smallest absolute Gasteiger partial charge is 0.223 e. The van der Waals surface area contributed by atoms with Crippen LogP contribution in [0.4, 0.5) is 5.82 Å². The molecule has 0 spiro atoms. The number of amides is 1. The Kier molecular flexibility index (Phi) is 3.31. The SMILES string of the molecule is O=C(NCCNc1ccc2ccccc2n1)C1CC1. The molecule has 1 heterocycles. The van der Waals surface area contributed by atoms with Crippen LogP contribution in [0.25, 0.3) is 10.9 Å². The molecule has 1 aromatic heterocycles. The van der Waals surface area contributed by atoms with E-state index in [1.165, 1.54) is 0 Å². The standard InChI is InChI=1S/C15H17N3O/c19-15(12-5-6-12)17-10-9-16-14-8-7-11-3-1-2-4-13(11)18-14/h1-4,7-8,12H,5-6,9-10H2,(H,16,18)(H,17,19). The molecular weight excluding hydrogens is 238 g/mol. The molecule has 19 heavy (non-hydrogen) atoms. The van der Waals surface area contributed by atoms with Crippen LogP contribution in [-0.4, -0.2) is 24.0 Å². The maximum atomic E-state index is 11.4. The maximum absolute atomic E-state index is 11.4. The van der Waals surface area contributed by atoms with Crippen molar-refractivity contribution in [1.82, 2.24) is 10.3 Å². The molecule has 0 bridgehead atoms. The number of aromatic nitrogens is 1. The number of nitrogens with zero attached hydrogens (tertiary/aromatic N) is 1. The zero-order valence-corrected chi connectivity index (χ0v) is 10.7. The van der Waals surface area contributed by atoms with Crippen LogP contribution in [0.2, 0.25) is 0 Å². The fourth-order valence-electron chi connectivity index (χ4n) is 2.03. The molecular formula is C15H17N3O. The minimum Gasteiger partial charge on any atom is -0.368 e. The molecule has 0 saturated heterocycles. The Morgan fingerprint density at radius 2 is 2.00 bits per heavy atom. The van der Waals surface area contributed by atoms with E-state index in [2.05, 4.69) is 15.6 Å². The number of rotatable bonds is 5. The second-order valence-electron chi connectivity index (χ2n) is 4.88. The molecule has 1 fully saturated rings. The summed E-state index contributed by atoms with van der Waals surface area (Å²) in [5, 5.41) is 7.28. The highest BCUT2D eigenvalue weighted by Gasteiger charge is 2.28. The van der Waals surface area contributed by atoms with E-state index >= 15 is 0 Å². The number of fused-ring (bicyclic) bond motifs is 1. The Hall–Kier alpha value is -2.10. The molecule has 0 aliphatic heterocycles. The van der Waals surface area contributed by atoms with Crippen LogP contribution in [0.5, 0.6) is 0 Å². The van der Waals surface area contributed by atoms with Gasteiger partial charge in [0, 0.05) is 24.4 Å². The predicted octanol–water partition coefficient (Wildman–Crippen LogP) is 2.17. The number of carbonyl (C=O) groups excluding carboxylic acids is 1. The van der Waals surface area contributed by atoms with Gasteiger partial charge >= 0.3 is 0 Å². The molecule has 0 atom stereocenters. The highest BCUT2D eigenvalue weighted by molar-refractivity contribution is 5.81. The molecule has 1 amide bonds. The molecule has 1 saturated carbocycles. The normalized spacial score (nSPS) is 14.3. The number of nitrogens with one attached hydrogen (secondary N) is 2. The van der Waals surface area contributed by atoms with Gasteiger partial charge in [-0.15, -0.1) is 0 Å². The lowest BCUT2D eigenvalue weighted by Crippen LogP contribution is -2.29. The molecule has 1 aromatic carbocycles. The molecule has 2 N–H and O–H groups in total. The average molecular weight is 255 g/mol. The molecule has 98 valence electrons. The third-order valence-corrected chi connectivity index (χ3v) is 3.28. The summed E-state index contributed by atoms with van der Waals surface area (Å²) in [6.45, 7) is 1.34. The quantitative estimate of drug-likeness (QED) is 0.805. The van der Waals surface area contributed by atoms with Gasteiger partial charge in [-0.2, -0.15) is 0 Å². The topological polar surface area (TPSA) is 54.0 Å². The van der Waals surface area contributed by atoms with Crippen molar-refractivity contribution in [3.63, 3.8) is 0 Å². The van der Waals surface area contributed by atoms with Gasteiger partial charge in [-0.25, -0.2) is 4.98 Å². The van der Waals surface area contributed by atoms with Crippen molar-refractivity contribution in [3.8, 4) is 0 Å². The summed E-state index contributed by atoms with van der Waals surface area (Å²) < 4.78 is 0. The van der Waals surface area contributed by atoms with Crippen molar-refractivity contribution in [2.75, 3.05) is 18.4 Å². The van der Waals surface area contributed by atoms with Gasteiger partial charge in [0.1, 0.15) is 5.82 Å². The van der Waals surface area contributed by atoms with E-state index in [0.717, 1.165) is 29.6 Å². The lowest BCUT2D eigenvalue weighted by Gasteiger charge is -2.07. The first-order valence-electron chi connectivity index (χ1n) is 6.70. The zero-order chi connectivity index (χ0) is 13.1. The maximum Gasteiger partial charge on any atom is 0.223 e. The first-order valence-corrected chi connectivity index (χ1v) is 6.70. The third kappa shape index (κ3) is 3.02. The van der Waals surface area contributed by atoms with Crippen molar-refractivity contribution >= 4 is 22.6 Å². The zero-order valence-electron chi connectivity index (χ0n) is 10.7. The number of para-hydroxylation sites is 1. The first-order chi connectivity index (χ1) is 9.33. The number of pyridine rings is 1. The van der Waals surface area contributed by atoms with Gasteiger partial charge in [0.2, 0.25) is 5.91 Å². The van der Waals surface area contributed by atoms with Crippen LogP contribution < -0.4 is 10.6 Å². The van der Waals surface area contributed by atoms with Gasteiger partial charge in [-0.1, -0.05) is 18.2 Å². The summed E-state index contributed by atoms with van der Waals surface area (Å²) in [4.78, 5) is 16.0. The van der Waals surface area contributed by atoms with E-state index in [1.54, 1.807) is 0 Å². The highest BCUT2D eigenvalue weighted by atomic mass is 16.2. The Morgan fingerprint density at radius 1 is 1.16 bits per heavy atom. The van der Waals surface area contributed by atoms with Crippen molar-refractivity contribution in [1.29, 1.82) is 0 Å². The largest absolute Gasteiger partial charge is 0.368 e. The summed E-state index contributed by atoms with van der Waals surface area (Å²) in [6, 6.07) is 12.0. The molecule has 0 unspecified atom stereocenters. The van der Waals surface area contributed by atoms with E-state index in [0.29, 0.717) is 13.1 Å². The molecule has 4 heteroatoms. The first kappa shape index (κ1) is 12.0. The molecule has 4 nitrogen and oxygen atoms in total. The number of hydrogen-bond acceptors (Lipinski definition) is 3. The van der Waals surface area contributed by atoms with E-state index in [1.807, 2.05) is 36.4 Å². The molecule has 1 aliphatic rings. The third-order valence-electron chi connectivity index (χ3n) is 3.28. The number of anilines is 1. The summed E-state index contributed by atoms with van der Waals surface area (Å²) in [5.74, 6) is 1.31. The van der Waals surface area contributed by atoms with E-state index in [-0.39, 0.29) is 11.8 Å². The minimum absolute atomic E-state index is 0.188. The molecule has 3 rings (SSSR count). The summed E-state index contributed by atoms with van der Waals surface area (Å²) in [5.41, 5.74) is 0.981. The molecule has 1 aliphatic carbocycles.